The number of benzene rings is 2. The van der Waals surface area contributed by atoms with Gasteiger partial charge in [-0.3, -0.25) is 4.79 Å². The van der Waals surface area contributed by atoms with Crippen molar-refractivity contribution in [3.63, 3.8) is 0 Å². The number of oxime groups is 1. The number of hydrogen-bond donors (Lipinski definition) is 0. The van der Waals surface area contributed by atoms with Gasteiger partial charge in [0.25, 0.3) is 0 Å². The number of hydrogen-bond acceptors (Lipinski definition) is 5. The van der Waals surface area contributed by atoms with Crippen molar-refractivity contribution >= 4 is 11.6 Å². The van der Waals surface area contributed by atoms with Crippen LogP contribution < -0.4 is 9.47 Å². The molecule has 0 radical (unpaired) electrons. The van der Waals surface area contributed by atoms with Crippen molar-refractivity contribution in [2.45, 2.75) is 31.9 Å². The van der Waals surface area contributed by atoms with E-state index in [4.69, 9.17) is 14.3 Å². The van der Waals surface area contributed by atoms with Crippen LogP contribution in [0.15, 0.2) is 53.7 Å². The van der Waals surface area contributed by atoms with Crippen LogP contribution >= 0.6 is 0 Å². The topological polar surface area (TPSA) is 60.4 Å². The molecule has 1 amide bonds. The summed E-state index contributed by atoms with van der Waals surface area (Å²) in [6.07, 6.45) is 2.50. The third kappa shape index (κ3) is 4.70. The van der Waals surface area contributed by atoms with E-state index in [1.807, 2.05) is 53.4 Å². The molecule has 152 valence electrons. The second-order valence-electron chi connectivity index (χ2n) is 7.54. The zero-order chi connectivity index (χ0) is 20.2. The minimum absolute atomic E-state index is 0.139. The summed E-state index contributed by atoms with van der Waals surface area (Å²) in [6, 6.07) is 15.6. The molecule has 29 heavy (non-hydrogen) atoms. The Morgan fingerprint density at radius 1 is 1.10 bits per heavy atom. The zero-order valence-corrected chi connectivity index (χ0v) is 16.8. The molecular weight excluding hydrogens is 368 g/mol. The second-order valence-corrected chi connectivity index (χ2v) is 7.54. The van der Waals surface area contributed by atoms with E-state index in [2.05, 4.69) is 5.16 Å². The third-order valence-electron chi connectivity index (χ3n) is 5.33. The predicted molar refractivity (Wildman–Crippen MR) is 110 cm³/mol. The van der Waals surface area contributed by atoms with Gasteiger partial charge in [0.2, 0.25) is 5.91 Å². The zero-order valence-electron chi connectivity index (χ0n) is 16.8. The highest BCUT2D eigenvalue weighted by molar-refractivity contribution is 6.01. The van der Waals surface area contributed by atoms with Crippen molar-refractivity contribution in [2.24, 2.45) is 11.1 Å². The van der Waals surface area contributed by atoms with Gasteiger partial charge in [0.05, 0.1) is 26.5 Å². The highest BCUT2D eigenvalue weighted by Gasteiger charge is 2.35. The summed E-state index contributed by atoms with van der Waals surface area (Å²) in [5, 5.41) is 4.27. The van der Waals surface area contributed by atoms with E-state index in [0.717, 1.165) is 41.2 Å². The van der Waals surface area contributed by atoms with Crippen molar-refractivity contribution in [1.29, 1.82) is 0 Å². The van der Waals surface area contributed by atoms with Crippen LogP contribution in [-0.2, 0) is 16.2 Å². The van der Waals surface area contributed by atoms with Crippen LogP contribution in [0, 0.1) is 5.92 Å². The molecular formula is C23H26N2O4. The first-order valence-corrected chi connectivity index (χ1v) is 9.95. The number of nitrogens with zero attached hydrogens (tertiary/aromatic N) is 2. The summed E-state index contributed by atoms with van der Waals surface area (Å²) in [6.45, 7) is 1.07. The van der Waals surface area contributed by atoms with E-state index < -0.39 is 0 Å². The van der Waals surface area contributed by atoms with Crippen molar-refractivity contribution in [3.05, 3.63) is 59.7 Å². The molecule has 0 saturated heterocycles. The molecule has 1 aliphatic carbocycles. The summed E-state index contributed by atoms with van der Waals surface area (Å²) >= 11 is 0. The van der Waals surface area contributed by atoms with Crippen molar-refractivity contribution in [2.75, 3.05) is 20.8 Å². The van der Waals surface area contributed by atoms with Crippen molar-refractivity contribution in [3.8, 4) is 11.5 Å². The fourth-order valence-electron chi connectivity index (χ4n) is 3.54. The largest absolute Gasteiger partial charge is 0.497 e. The molecule has 0 bridgehead atoms. The Kier molecular flexibility index (Phi) is 5.69. The standard InChI is InChI=1S/C23H26N2O4/c1-27-19-10-8-17(9-11-19)22-13-21(29-24-22)15-25(23(26)18-6-7-18)14-16-4-3-5-20(12-16)28-2/h3-5,8-12,18,21H,6-7,13-15H2,1-2H3. The molecule has 2 aromatic carbocycles. The van der Waals surface area contributed by atoms with E-state index in [-0.39, 0.29) is 17.9 Å². The number of ether oxygens (including phenoxy) is 2. The predicted octanol–water partition coefficient (Wildman–Crippen LogP) is 3.64. The van der Waals surface area contributed by atoms with E-state index in [1.54, 1.807) is 14.2 Å². The minimum atomic E-state index is -0.139. The molecule has 6 heteroatoms. The number of carbonyl (C=O) groups excluding carboxylic acids is 1. The van der Waals surface area contributed by atoms with Gasteiger partial charge in [-0.1, -0.05) is 17.3 Å². The third-order valence-corrected chi connectivity index (χ3v) is 5.33. The summed E-state index contributed by atoms with van der Waals surface area (Å²) < 4.78 is 10.5. The molecule has 0 N–H and O–H groups in total. The summed E-state index contributed by atoms with van der Waals surface area (Å²) in [5.41, 5.74) is 2.96. The maximum absolute atomic E-state index is 12.9. The average Bonchev–Trinajstić information content (AvgIpc) is 3.51. The minimum Gasteiger partial charge on any atom is -0.497 e. The normalized spacial score (nSPS) is 18.0. The monoisotopic (exact) mass is 394 g/mol. The molecule has 1 fully saturated rings. The van der Waals surface area contributed by atoms with Gasteiger partial charge in [-0.25, -0.2) is 0 Å². The lowest BCUT2D eigenvalue weighted by atomic mass is 10.0. The first-order chi connectivity index (χ1) is 14.2. The lowest BCUT2D eigenvalue weighted by molar-refractivity contribution is -0.135. The molecule has 1 saturated carbocycles. The number of carbonyl (C=O) groups is 1. The van der Waals surface area contributed by atoms with Gasteiger partial charge in [0.1, 0.15) is 11.5 Å². The molecule has 1 atom stereocenters. The summed E-state index contributed by atoms with van der Waals surface area (Å²) in [4.78, 5) is 20.4. The molecule has 6 nitrogen and oxygen atoms in total. The van der Waals surface area contributed by atoms with E-state index in [9.17, 15) is 4.79 Å². The maximum atomic E-state index is 12.9. The van der Waals surface area contributed by atoms with Crippen LogP contribution in [-0.4, -0.2) is 43.4 Å². The Morgan fingerprint density at radius 3 is 2.55 bits per heavy atom. The first-order valence-electron chi connectivity index (χ1n) is 9.95. The lowest BCUT2D eigenvalue weighted by Crippen LogP contribution is -2.38. The summed E-state index contributed by atoms with van der Waals surface area (Å²) in [7, 11) is 3.30. The Labute approximate surface area is 171 Å². The second kappa shape index (κ2) is 8.55. The Morgan fingerprint density at radius 2 is 1.86 bits per heavy atom. The van der Waals surface area contributed by atoms with Crippen LogP contribution in [0.3, 0.4) is 0 Å². The van der Waals surface area contributed by atoms with Gasteiger partial charge in [0, 0.05) is 18.9 Å². The molecule has 1 heterocycles. The number of methoxy groups -OCH3 is 2. The van der Waals surface area contributed by atoms with Gasteiger partial charge < -0.3 is 19.2 Å². The van der Waals surface area contributed by atoms with Crippen LogP contribution in [0.25, 0.3) is 0 Å². The number of amides is 1. The molecule has 4 rings (SSSR count). The van der Waals surface area contributed by atoms with Gasteiger partial charge in [-0.15, -0.1) is 0 Å². The molecule has 1 aliphatic heterocycles. The quantitative estimate of drug-likeness (QED) is 0.686. The Hall–Kier alpha value is -3.02. The van der Waals surface area contributed by atoms with Crippen LogP contribution in [0.2, 0.25) is 0 Å². The first kappa shape index (κ1) is 19.3. The van der Waals surface area contributed by atoms with Gasteiger partial charge >= 0.3 is 0 Å². The van der Waals surface area contributed by atoms with Crippen LogP contribution in [0.1, 0.15) is 30.4 Å². The Balaban J connectivity index is 1.42. The van der Waals surface area contributed by atoms with Crippen molar-refractivity contribution in [1.82, 2.24) is 4.90 Å². The SMILES string of the molecule is COc1ccc(C2=NOC(CN(Cc3cccc(OC)c3)C(=O)C3CC3)C2)cc1. The average molecular weight is 394 g/mol. The van der Waals surface area contributed by atoms with E-state index >= 15 is 0 Å². The molecule has 0 spiro atoms. The highest BCUT2D eigenvalue weighted by Crippen LogP contribution is 2.32. The van der Waals surface area contributed by atoms with Gasteiger partial charge in [0.15, 0.2) is 6.10 Å². The van der Waals surface area contributed by atoms with Crippen LogP contribution in [0.5, 0.6) is 11.5 Å². The lowest BCUT2D eigenvalue weighted by Gasteiger charge is -2.25. The van der Waals surface area contributed by atoms with Gasteiger partial charge in [-0.05, 0) is 60.4 Å². The molecule has 0 aromatic heterocycles. The van der Waals surface area contributed by atoms with Gasteiger partial charge in [-0.2, -0.15) is 0 Å². The van der Waals surface area contributed by atoms with Crippen molar-refractivity contribution < 1.29 is 19.1 Å². The summed E-state index contributed by atoms with van der Waals surface area (Å²) in [5.74, 6) is 1.96. The molecule has 1 unspecified atom stereocenters. The fourth-order valence-corrected chi connectivity index (χ4v) is 3.54. The smallest absolute Gasteiger partial charge is 0.226 e. The van der Waals surface area contributed by atoms with E-state index in [1.165, 1.54) is 0 Å². The fraction of sp³-hybridized carbons (Fsp3) is 0.391. The highest BCUT2D eigenvalue weighted by atomic mass is 16.6. The van der Waals surface area contributed by atoms with Crippen LogP contribution in [0.4, 0.5) is 0 Å². The molecule has 2 aliphatic rings. The Bertz CT molecular complexity index is 890. The van der Waals surface area contributed by atoms with E-state index in [0.29, 0.717) is 19.5 Å². The maximum Gasteiger partial charge on any atom is 0.226 e. The number of rotatable bonds is 8. The molecule has 2 aromatic rings.